The third-order valence-corrected chi connectivity index (χ3v) is 1.39. The Balaban J connectivity index is 0. The second-order valence-corrected chi connectivity index (χ2v) is 2.46. The Morgan fingerprint density at radius 1 is 1.45 bits per heavy atom. The minimum atomic E-state index is 0.378. The Hall–Kier alpha value is -0.440. The van der Waals surface area contributed by atoms with Crippen molar-refractivity contribution in [1.29, 1.82) is 0 Å². The zero-order valence-electron chi connectivity index (χ0n) is 8.01. The zero-order valence-corrected chi connectivity index (χ0v) is 8.83. The van der Waals surface area contributed by atoms with E-state index in [2.05, 4.69) is 10.5 Å². The van der Waals surface area contributed by atoms with Crippen LogP contribution in [0.25, 0.3) is 0 Å². The lowest BCUT2D eigenvalue weighted by atomic mass is 10.2. The van der Waals surface area contributed by atoms with Crippen LogP contribution in [0.1, 0.15) is 34.6 Å². The summed E-state index contributed by atoms with van der Waals surface area (Å²) in [6.45, 7) is 9.90. The van der Waals surface area contributed by atoms with Gasteiger partial charge in [-0.15, -0.1) is 0 Å². The van der Waals surface area contributed by atoms with E-state index >= 15 is 0 Å². The fraction of sp³-hybridized carbons (Fsp3) is 0.750. The molecule has 0 rings (SSSR count). The van der Waals surface area contributed by atoms with E-state index in [0.29, 0.717) is 5.92 Å². The topological polar surface area (TPSA) is 24.4 Å². The summed E-state index contributed by atoms with van der Waals surface area (Å²) in [6, 6.07) is 0. The molecule has 0 radical (unpaired) electrons. The van der Waals surface area contributed by atoms with Crippen LogP contribution in [-0.2, 0) is 0 Å². The second kappa shape index (κ2) is 9.56. The first kappa shape index (κ1) is 13.2. The summed E-state index contributed by atoms with van der Waals surface area (Å²) in [5.41, 5.74) is 2.73. The van der Waals surface area contributed by atoms with Crippen molar-refractivity contribution in [3.63, 3.8) is 0 Å². The Bertz CT molecular complexity index is 119. The molecule has 2 nitrogen and oxygen atoms in total. The predicted molar refractivity (Wildman–Crippen MR) is 56.1 cm³/mol. The molecule has 0 aliphatic heterocycles. The molecule has 0 fully saturated rings. The molecule has 0 saturated carbocycles. The van der Waals surface area contributed by atoms with Crippen LogP contribution in [0.15, 0.2) is 5.10 Å². The maximum absolute atomic E-state index is 4.92. The van der Waals surface area contributed by atoms with E-state index in [-0.39, 0.29) is 0 Å². The average Bonchev–Trinajstić information content (AvgIpc) is 2.03. The van der Waals surface area contributed by atoms with E-state index in [1.807, 2.05) is 34.6 Å². The molecule has 0 atom stereocenters. The molecule has 0 aliphatic carbocycles. The quantitative estimate of drug-likeness (QED) is 0.395. The van der Waals surface area contributed by atoms with Crippen LogP contribution in [0.3, 0.4) is 0 Å². The number of hydrogen-bond acceptors (Lipinski definition) is 2. The minimum absolute atomic E-state index is 0.378. The van der Waals surface area contributed by atoms with Crippen LogP contribution in [0.2, 0.25) is 0 Å². The van der Waals surface area contributed by atoms with Gasteiger partial charge >= 0.3 is 0 Å². The number of rotatable bonds is 2. The molecule has 1 N–H and O–H groups in total. The van der Waals surface area contributed by atoms with Gasteiger partial charge in [-0.05, 0) is 6.92 Å². The van der Waals surface area contributed by atoms with E-state index in [1.165, 1.54) is 0 Å². The van der Waals surface area contributed by atoms with Crippen LogP contribution < -0.4 is 5.43 Å². The highest BCUT2D eigenvalue weighted by Gasteiger charge is 1.97. The monoisotopic (exact) mass is 174 g/mol. The lowest BCUT2D eigenvalue weighted by Gasteiger charge is -2.03. The molecule has 0 aromatic carbocycles. The summed E-state index contributed by atoms with van der Waals surface area (Å²) in [6.07, 6.45) is 1.68. The summed E-state index contributed by atoms with van der Waals surface area (Å²) in [4.78, 5) is 0.785. The molecule has 0 heterocycles. The van der Waals surface area contributed by atoms with Gasteiger partial charge in [-0.1, -0.05) is 39.9 Å². The smallest absolute Gasteiger partial charge is 0.0986 e. The Morgan fingerprint density at radius 2 is 1.91 bits per heavy atom. The predicted octanol–water partition coefficient (Wildman–Crippen LogP) is 2.59. The Morgan fingerprint density at radius 3 is 2.18 bits per heavy atom. The number of hydrogen-bond donors (Lipinski definition) is 1. The van der Waals surface area contributed by atoms with E-state index in [0.717, 1.165) is 4.99 Å². The first-order valence-corrected chi connectivity index (χ1v) is 4.36. The van der Waals surface area contributed by atoms with Crippen molar-refractivity contribution in [2.75, 3.05) is 0 Å². The van der Waals surface area contributed by atoms with E-state index in [1.54, 1.807) is 6.21 Å². The van der Waals surface area contributed by atoms with Crippen molar-refractivity contribution in [1.82, 2.24) is 5.43 Å². The Labute approximate surface area is 75.1 Å². The van der Waals surface area contributed by atoms with Crippen LogP contribution in [0, 0.1) is 5.92 Å². The molecule has 0 aromatic rings. The fourth-order valence-electron chi connectivity index (χ4n) is 0.257. The second-order valence-electron chi connectivity index (χ2n) is 2.02. The lowest BCUT2D eigenvalue weighted by Crippen LogP contribution is -2.20. The molecule has 0 saturated heterocycles. The Kier molecular flexibility index (Phi) is 11.4. The average molecular weight is 174 g/mol. The minimum Gasteiger partial charge on any atom is -0.272 e. The van der Waals surface area contributed by atoms with Crippen LogP contribution >= 0.6 is 12.2 Å². The summed E-state index contributed by atoms with van der Waals surface area (Å²) >= 11 is 4.92. The fourth-order valence-corrected chi connectivity index (χ4v) is 0.310. The largest absolute Gasteiger partial charge is 0.272 e. The van der Waals surface area contributed by atoms with Crippen molar-refractivity contribution in [3.8, 4) is 0 Å². The standard InChI is InChI=1S/C6H12N2S.C2H6/c1-4-7-8-6(9)5(2)3;1-2/h4-5H,1-3H3,(H,8,9);1-2H3/b7-4-;. The molecule has 0 bridgehead atoms. The van der Waals surface area contributed by atoms with Crippen molar-refractivity contribution >= 4 is 23.4 Å². The maximum atomic E-state index is 4.92. The highest BCUT2D eigenvalue weighted by atomic mass is 32.1. The number of thiocarbonyl (C=S) groups is 1. The van der Waals surface area contributed by atoms with Gasteiger partial charge in [0.25, 0.3) is 0 Å². The number of nitrogens with one attached hydrogen (secondary N) is 1. The molecule has 3 heteroatoms. The SMILES string of the molecule is C/C=N\NC(=S)C(C)C.CC. The first-order valence-electron chi connectivity index (χ1n) is 3.96. The van der Waals surface area contributed by atoms with Gasteiger partial charge in [0.05, 0.1) is 4.99 Å². The molecular weight excluding hydrogens is 156 g/mol. The molecule has 0 spiro atoms. The van der Waals surface area contributed by atoms with Gasteiger partial charge in [0.2, 0.25) is 0 Å². The summed E-state index contributed by atoms with van der Waals surface area (Å²) in [5.74, 6) is 0.378. The van der Waals surface area contributed by atoms with Gasteiger partial charge in [-0.2, -0.15) is 5.10 Å². The molecule has 11 heavy (non-hydrogen) atoms. The van der Waals surface area contributed by atoms with Crippen LogP contribution in [0.5, 0.6) is 0 Å². The van der Waals surface area contributed by atoms with Crippen molar-refractivity contribution in [2.24, 2.45) is 11.0 Å². The van der Waals surface area contributed by atoms with Gasteiger partial charge in [-0.25, -0.2) is 0 Å². The van der Waals surface area contributed by atoms with Gasteiger partial charge in [0, 0.05) is 12.1 Å². The summed E-state index contributed by atoms with van der Waals surface area (Å²) < 4.78 is 0. The van der Waals surface area contributed by atoms with Crippen LogP contribution in [0.4, 0.5) is 0 Å². The highest BCUT2D eigenvalue weighted by molar-refractivity contribution is 7.80. The first-order chi connectivity index (χ1) is 5.18. The van der Waals surface area contributed by atoms with E-state index < -0.39 is 0 Å². The lowest BCUT2D eigenvalue weighted by molar-refractivity contribution is 0.839. The number of hydrazone groups is 1. The van der Waals surface area contributed by atoms with E-state index in [4.69, 9.17) is 12.2 Å². The van der Waals surface area contributed by atoms with Gasteiger partial charge < -0.3 is 0 Å². The van der Waals surface area contributed by atoms with Gasteiger partial charge in [0.1, 0.15) is 0 Å². The summed E-state index contributed by atoms with van der Waals surface area (Å²) in [5, 5.41) is 3.78. The number of nitrogens with zero attached hydrogens (tertiary/aromatic N) is 1. The van der Waals surface area contributed by atoms with Gasteiger partial charge in [-0.3, -0.25) is 5.43 Å². The maximum Gasteiger partial charge on any atom is 0.0986 e. The molecule has 0 amide bonds. The summed E-state index contributed by atoms with van der Waals surface area (Å²) in [7, 11) is 0. The van der Waals surface area contributed by atoms with Crippen LogP contribution in [-0.4, -0.2) is 11.2 Å². The van der Waals surface area contributed by atoms with Crippen molar-refractivity contribution < 1.29 is 0 Å². The molecule has 0 aliphatic rings. The van der Waals surface area contributed by atoms with E-state index in [9.17, 15) is 0 Å². The molecule has 0 aromatic heterocycles. The molecule has 0 unspecified atom stereocenters. The zero-order chi connectivity index (χ0) is 9.28. The third-order valence-electron chi connectivity index (χ3n) is 0.828. The molecular formula is C8H18N2S. The molecule has 66 valence electrons. The third kappa shape index (κ3) is 9.56. The highest BCUT2D eigenvalue weighted by Crippen LogP contribution is 1.92. The van der Waals surface area contributed by atoms with Crippen molar-refractivity contribution in [2.45, 2.75) is 34.6 Å². The van der Waals surface area contributed by atoms with Gasteiger partial charge in [0.15, 0.2) is 0 Å². The van der Waals surface area contributed by atoms with Crippen molar-refractivity contribution in [3.05, 3.63) is 0 Å². The normalized spacial score (nSPS) is 9.27.